The number of methoxy groups -OCH3 is 2. The van der Waals surface area contributed by atoms with Crippen molar-refractivity contribution < 1.29 is 19.1 Å². The number of rotatable bonds is 5. The van der Waals surface area contributed by atoms with Crippen LogP contribution in [0, 0.1) is 0 Å². The predicted octanol–water partition coefficient (Wildman–Crippen LogP) is -0.211. The van der Waals surface area contributed by atoms with E-state index in [1.165, 1.54) is 26.4 Å². The number of carbonyl (C=O) groups excluding carboxylic acids is 2. The molecule has 7 nitrogen and oxygen atoms in total. The topological polar surface area (TPSA) is 131 Å². The molecule has 0 aromatic heterocycles. The van der Waals surface area contributed by atoms with Crippen LogP contribution in [0.2, 0.25) is 0 Å². The maximum Gasteiger partial charge on any atom is 0.252 e. The number of primary amides is 2. The van der Waals surface area contributed by atoms with E-state index in [1.54, 1.807) is 18.2 Å². The molecule has 0 saturated heterocycles. The Morgan fingerprint density at radius 3 is 2.20 bits per heavy atom. The molecule has 110 valence electrons. The van der Waals surface area contributed by atoms with Crippen LogP contribution in [-0.2, 0) is 4.79 Å². The van der Waals surface area contributed by atoms with E-state index in [0.29, 0.717) is 23.6 Å². The number of carbonyl (C=O) groups is 2. The van der Waals surface area contributed by atoms with Crippen molar-refractivity contribution in [3.63, 3.8) is 0 Å². The van der Waals surface area contributed by atoms with Gasteiger partial charge in [0.2, 0.25) is 5.91 Å². The second-order valence-corrected chi connectivity index (χ2v) is 3.47. The van der Waals surface area contributed by atoms with Gasteiger partial charge in [0.1, 0.15) is 11.5 Å². The third kappa shape index (κ3) is 6.41. The lowest BCUT2D eigenvalue weighted by molar-refractivity contribution is -0.113. The molecule has 1 aromatic rings. The van der Waals surface area contributed by atoms with Crippen molar-refractivity contribution in [1.82, 2.24) is 0 Å². The molecule has 1 aromatic carbocycles. The standard InChI is InChI=1S/C9H11NO3.C4H8N2O/c1-12-6-3-4-8(13-2)7(5-6)9(10)11;5-3-1-2-4(6)7/h3-5H,1-2H3,(H2,10,11);1-2H,3,5H2,(H2,6,7)/b;2-1-. The molecule has 0 atom stereocenters. The van der Waals surface area contributed by atoms with Gasteiger partial charge in [-0.1, -0.05) is 6.08 Å². The van der Waals surface area contributed by atoms with Crippen LogP contribution in [0.1, 0.15) is 10.4 Å². The largest absolute Gasteiger partial charge is 0.497 e. The number of ether oxygens (including phenoxy) is 2. The predicted molar refractivity (Wildman–Crippen MR) is 75.5 cm³/mol. The summed E-state index contributed by atoms with van der Waals surface area (Å²) in [5, 5.41) is 0. The van der Waals surface area contributed by atoms with Gasteiger partial charge >= 0.3 is 0 Å². The van der Waals surface area contributed by atoms with Crippen molar-refractivity contribution in [2.75, 3.05) is 20.8 Å². The van der Waals surface area contributed by atoms with E-state index in [0.717, 1.165) is 0 Å². The Kier molecular flexibility index (Phi) is 8.20. The average molecular weight is 281 g/mol. The summed E-state index contributed by atoms with van der Waals surface area (Å²) in [6.07, 6.45) is 2.74. The van der Waals surface area contributed by atoms with Gasteiger partial charge in [0.25, 0.3) is 5.91 Å². The summed E-state index contributed by atoms with van der Waals surface area (Å²) in [5.74, 6) is 0.0455. The van der Waals surface area contributed by atoms with Crippen molar-refractivity contribution in [2.45, 2.75) is 0 Å². The van der Waals surface area contributed by atoms with E-state index in [1.807, 2.05) is 0 Å². The van der Waals surface area contributed by atoms with Crippen LogP contribution in [-0.4, -0.2) is 32.6 Å². The van der Waals surface area contributed by atoms with Crippen LogP contribution in [0.4, 0.5) is 0 Å². The molecule has 1 rings (SSSR count). The summed E-state index contributed by atoms with van der Waals surface area (Å²) in [4.78, 5) is 20.8. The van der Waals surface area contributed by atoms with E-state index >= 15 is 0 Å². The van der Waals surface area contributed by atoms with Crippen molar-refractivity contribution in [3.05, 3.63) is 35.9 Å². The van der Waals surface area contributed by atoms with Crippen molar-refractivity contribution in [3.8, 4) is 11.5 Å². The number of amides is 2. The zero-order valence-electron chi connectivity index (χ0n) is 11.5. The smallest absolute Gasteiger partial charge is 0.252 e. The quantitative estimate of drug-likeness (QED) is 0.643. The fraction of sp³-hybridized carbons (Fsp3) is 0.231. The Balaban J connectivity index is 0.000000441. The first-order valence-corrected chi connectivity index (χ1v) is 5.64. The lowest BCUT2D eigenvalue weighted by atomic mass is 10.2. The van der Waals surface area contributed by atoms with Gasteiger partial charge in [-0.15, -0.1) is 0 Å². The monoisotopic (exact) mass is 281 g/mol. The van der Waals surface area contributed by atoms with Crippen molar-refractivity contribution >= 4 is 11.8 Å². The molecule has 0 aliphatic rings. The van der Waals surface area contributed by atoms with Gasteiger partial charge in [0.15, 0.2) is 0 Å². The minimum absolute atomic E-state index is 0.321. The minimum Gasteiger partial charge on any atom is -0.497 e. The summed E-state index contributed by atoms with van der Waals surface area (Å²) in [5.41, 5.74) is 15.1. The van der Waals surface area contributed by atoms with Gasteiger partial charge in [-0.2, -0.15) is 0 Å². The molecule has 2 amide bonds. The molecular formula is C13H19N3O4. The van der Waals surface area contributed by atoms with Crippen LogP contribution in [0.5, 0.6) is 11.5 Å². The third-order valence-corrected chi connectivity index (χ3v) is 2.09. The maximum absolute atomic E-state index is 10.9. The number of hydrogen-bond donors (Lipinski definition) is 3. The molecule has 0 bridgehead atoms. The molecule has 20 heavy (non-hydrogen) atoms. The first-order valence-electron chi connectivity index (χ1n) is 5.64. The highest BCUT2D eigenvalue weighted by Gasteiger charge is 2.09. The number of nitrogens with two attached hydrogens (primary N) is 3. The zero-order valence-corrected chi connectivity index (χ0v) is 11.5. The molecule has 7 heteroatoms. The highest BCUT2D eigenvalue weighted by molar-refractivity contribution is 5.96. The van der Waals surface area contributed by atoms with Crippen LogP contribution in [0.25, 0.3) is 0 Å². The third-order valence-electron chi connectivity index (χ3n) is 2.09. The number of hydrogen-bond acceptors (Lipinski definition) is 5. The second-order valence-electron chi connectivity index (χ2n) is 3.47. The second kappa shape index (κ2) is 9.40. The normalized spacial score (nSPS) is 9.55. The van der Waals surface area contributed by atoms with Crippen LogP contribution >= 0.6 is 0 Å². The van der Waals surface area contributed by atoms with Gasteiger partial charge < -0.3 is 26.7 Å². The van der Waals surface area contributed by atoms with Gasteiger partial charge in [0, 0.05) is 6.54 Å². The average Bonchev–Trinajstić information content (AvgIpc) is 2.44. The van der Waals surface area contributed by atoms with E-state index in [-0.39, 0.29) is 0 Å². The Hall–Kier alpha value is -2.54. The van der Waals surface area contributed by atoms with Gasteiger partial charge in [-0.05, 0) is 24.3 Å². The summed E-state index contributed by atoms with van der Waals surface area (Å²) < 4.78 is 9.89. The molecule has 0 aliphatic carbocycles. The fourth-order valence-corrected chi connectivity index (χ4v) is 1.19. The van der Waals surface area contributed by atoms with E-state index in [9.17, 15) is 9.59 Å². The fourth-order valence-electron chi connectivity index (χ4n) is 1.19. The van der Waals surface area contributed by atoms with Gasteiger partial charge in [-0.3, -0.25) is 9.59 Å². The van der Waals surface area contributed by atoms with Crippen molar-refractivity contribution in [1.29, 1.82) is 0 Å². The molecule has 0 saturated carbocycles. The number of benzene rings is 1. The lowest BCUT2D eigenvalue weighted by Gasteiger charge is -2.06. The van der Waals surface area contributed by atoms with Crippen LogP contribution < -0.4 is 26.7 Å². The highest BCUT2D eigenvalue weighted by atomic mass is 16.5. The minimum atomic E-state index is -0.532. The molecule has 6 N–H and O–H groups in total. The summed E-state index contributed by atoms with van der Waals surface area (Å²) in [7, 11) is 3.00. The molecular weight excluding hydrogens is 262 g/mol. The molecule has 0 heterocycles. The molecule has 0 spiro atoms. The highest BCUT2D eigenvalue weighted by Crippen LogP contribution is 2.22. The van der Waals surface area contributed by atoms with Gasteiger partial charge in [0.05, 0.1) is 19.8 Å². The summed E-state index contributed by atoms with van der Waals surface area (Å²) in [6, 6.07) is 4.88. The Morgan fingerprint density at radius 2 is 1.85 bits per heavy atom. The van der Waals surface area contributed by atoms with Crippen LogP contribution in [0.15, 0.2) is 30.4 Å². The van der Waals surface area contributed by atoms with Crippen molar-refractivity contribution in [2.24, 2.45) is 17.2 Å². The van der Waals surface area contributed by atoms with E-state index in [4.69, 9.17) is 26.7 Å². The SMILES string of the molecule is COc1ccc(OC)c(C(N)=O)c1.NC/C=C\C(N)=O. The Labute approximate surface area is 117 Å². The molecule has 0 fully saturated rings. The Bertz CT molecular complexity index is 487. The Morgan fingerprint density at radius 1 is 1.20 bits per heavy atom. The first kappa shape index (κ1) is 17.5. The van der Waals surface area contributed by atoms with Gasteiger partial charge in [-0.25, -0.2) is 0 Å². The summed E-state index contributed by atoms with van der Waals surface area (Å²) >= 11 is 0. The molecule has 0 unspecified atom stereocenters. The van der Waals surface area contributed by atoms with E-state index in [2.05, 4.69) is 0 Å². The lowest BCUT2D eigenvalue weighted by Crippen LogP contribution is -2.12. The summed E-state index contributed by atoms with van der Waals surface area (Å²) in [6.45, 7) is 0.364. The molecule has 0 aliphatic heterocycles. The maximum atomic E-state index is 10.9. The van der Waals surface area contributed by atoms with Crippen LogP contribution in [0.3, 0.4) is 0 Å². The zero-order chi connectivity index (χ0) is 15.5. The molecule has 0 radical (unpaired) electrons. The van der Waals surface area contributed by atoms with E-state index < -0.39 is 11.8 Å². The first-order chi connectivity index (χ1) is 9.46.